The lowest BCUT2D eigenvalue weighted by Crippen LogP contribution is -2.50. The lowest BCUT2D eigenvalue weighted by Gasteiger charge is -2.35. The monoisotopic (exact) mass is 542 g/mol. The number of aliphatic hydroxyl groups is 1. The van der Waals surface area contributed by atoms with Crippen LogP contribution in [0, 0.1) is 6.92 Å². The van der Waals surface area contributed by atoms with Gasteiger partial charge in [-0.05, 0) is 37.3 Å². The van der Waals surface area contributed by atoms with Crippen LogP contribution in [0.2, 0.25) is 5.02 Å². The van der Waals surface area contributed by atoms with Gasteiger partial charge in [0.1, 0.15) is 18.5 Å². The van der Waals surface area contributed by atoms with Crippen LogP contribution in [0.5, 0.6) is 5.75 Å². The van der Waals surface area contributed by atoms with E-state index in [1.54, 1.807) is 11.3 Å². The van der Waals surface area contributed by atoms with Crippen molar-refractivity contribution in [2.75, 3.05) is 51.2 Å². The first-order valence-corrected chi connectivity index (χ1v) is 12.6. The molecule has 0 aliphatic carbocycles. The van der Waals surface area contributed by atoms with E-state index in [2.05, 4.69) is 15.2 Å². The Kier molecular flexibility index (Phi) is 8.36. The molecule has 1 amide bonds. The number of aromatic nitrogens is 1. The van der Waals surface area contributed by atoms with Gasteiger partial charge in [0.25, 0.3) is 0 Å². The van der Waals surface area contributed by atoms with Crippen LogP contribution in [0.1, 0.15) is 10.6 Å². The number of carbonyl (C=O) groups is 1. The summed E-state index contributed by atoms with van der Waals surface area (Å²) in [6.07, 6.45) is -5.28. The highest BCUT2D eigenvalue weighted by Gasteiger charge is 2.33. The summed E-state index contributed by atoms with van der Waals surface area (Å²) in [6, 6.07) is 8.98. The molecule has 1 aliphatic heterocycles. The van der Waals surface area contributed by atoms with Crippen molar-refractivity contribution in [3.63, 3.8) is 0 Å². The summed E-state index contributed by atoms with van der Waals surface area (Å²) in [5.74, 6) is 0.255. The highest BCUT2D eigenvalue weighted by molar-refractivity contribution is 7.18. The third-order valence-corrected chi connectivity index (χ3v) is 7.05. The van der Waals surface area contributed by atoms with E-state index in [1.807, 2.05) is 30.0 Å². The first-order chi connectivity index (χ1) is 17.1. The number of amides is 1. The second-order valence-electron chi connectivity index (χ2n) is 8.64. The molecule has 1 atom stereocenters. The van der Waals surface area contributed by atoms with Gasteiger partial charge in [0.05, 0.1) is 32.4 Å². The molecule has 0 saturated carbocycles. The number of piperazine rings is 1. The number of alkyl halides is 3. The predicted octanol–water partition coefficient (Wildman–Crippen LogP) is 4.27. The number of nitrogens with one attached hydrogen (secondary N) is 1. The van der Waals surface area contributed by atoms with Crippen molar-refractivity contribution in [3.8, 4) is 5.75 Å². The van der Waals surface area contributed by atoms with Crippen LogP contribution in [-0.4, -0.2) is 77.8 Å². The van der Waals surface area contributed by atoms with Gasteiger partial charge < -0.3 is 15.2 Å². The molecule has 7 nitrogen and oxygen atoms in total. The van der Waals surface area contributed by atoms with Crippen LogP contribution < -0.4 is 10.1 Å². The SMILES string of the molecule is Cc1nc2cc(OC[C@H](O)CN3CCN(CC(=O)Nc4ccc(Cl)c(C(F)(F)F)c4)CC3)ccc2s1. The van der Waals surface area contributed by atoms with E-state index in [4.69, 9.17) is 16.3 Å². The summed E-state index contributed by atoms with van der Waals surface area (Å²) in [5.41, 5.74) is -0.0686. The lowest BCUT2D eigenvalue weighted by atomic mass is 10.2. The molecule has 3 aromatic rings. The number of fused-ring (bicyclic) bond motifs is 1. The summed E-state index contributed by atoms with van der Waals surface area (Å²) >= 11 is 7.24. The zero-order valence-electron chi connectivity index (χ0n) is 19.5. The number of carbonyl (C=O) groups excluding carboxylic acids is 1. The minimum absolute atomic E-state index is 0.0440. The van der Waals surface area contributed by atoms with Crippen molar-refractivity contribution < 1.29 is 27.8 Å². The standard InChI is InChI=1S/C24H26ClF3N4O3S/c1-15-29-21-11-18(3-5-22(21)36-15)35-14-17(33)12-31-6-8-32(9-7-31)13-23(34)30-16-2-4-20(25)19(10-16)24(26,27)28/h2-5,10-11,17,33H,6-9,12-14H2,1H3,(H,30,34)/t17-/m1/s1. The van der Waals surface area contributed by atoms with Gasteiger partial charge in [-0.25, -0.2) is 4.98 Å². The Bertz CT molecular complexity index is 1220. The van der Waals surface area contributed by atoms with E-state index in [0.717, 1.165) is 27.4 Å². The number of aliphatic hydroxyl groups excluding tert-OH is 1. The fourth-order valence-electron chi connectivity index (χ4n) is 4.01. The van der Waals surface area contributed by atoms with Crippen LogP contribution >= 0.6 is 22.9 Å². The zero-order valence-corrected chi connectivity index (χ0v) is 21.1. The van der Waals surface area contributed by atoms with E-state index in [9.17, 15) is 23.1 Å². The number of aryl methyl sites for hydroxylation is 1. The Morgan fingerprint density at radius 2 is 1.92 bits per heavy atom. The van der Waals surface area contributed by atoms with E-state index in [1.165, 1.54) is 6.07 Å². The molecule has 2 N–H and O–H groups in total. The zero-order chi connectivity index (χ0) is 25.9. The topological polar surface area (TPSA) is 77.9 Å². The molecule has 194 valence electrons. The molecule has 4 rings (SSSR count). The molecule has 1 aliphatic rings. The average molecular weight is 543 g/mol. The fourth-order valence-corrected chi connectivity index (χ4v) is 5.04. The number of ether oxygens (including phenoxy) is 1. The first kappa shape index (κ1) is 26.6. The predicted molar refractivity (Wildman–Crippen MR) is 134 cm³/mol. The van der Waals surface area contributed by atoms with Gasteiger partial charge in [0.15, 0.2) is 0 Å². The minimum atomic E-state index is -4.60. The molecular formula is C24H26ClF3N4O3S. The number of rotatable bonds is 8. The third-order valence-electron chi connectivity index (χ3n) is 5.76. The van der Waals surface area contributed by atoms with Crippen molar-refractivity contribution in [1.82, 2.24) is 14.8 Å². The maximum atomic E-state index is 13.0. The number of halogens is 4. The molecule has 12 heteroatoms. The number of thiazole rings is 1. The fraction of sp³-hybridized carbons (Fsp3) is 0.417. The van der Waals surface area contributed by atoms with E-state index < -0.39 is 28.8 Å². The first-order valence-electron chi connectivity index (χ1n) is 11.4. The van der Waals surface area contributed by atoms with Crippen molar-refractivity contribution in [3.05, 3.63) is 52.0 Å². The Hall–Kier alpha value is -2.44. The van der Waals surface area contributed by atoms with Gasteiger partial charge in [0, 0.05) is 44.5 Å². The van der Waals surface area contributed by atoms with Gasteiger partial charge in [0.2, 0.25) is 5.91 Å². The van der Waals surface area contributed by atoms with Crippen molar-refractivity contribution >= 4 is 44.7 Å². The molecule has 2 aromatic carbocycles. The quantitative estimate of drug-likeness (QED) is 0.443. The van der Waals surface area contributed by atoms with E-state index in [0.29, 0.717) is 38.5 Å². The highest BCUT2D eigenvalue weighted by Crippen LogP contribution is 2.36. The van der Waals surface area contributed by atoms with Gasteiger partial charge >= 0.3 is 6.18 Å². The van der Waals surface area contributed by atoms with Crippen molar-refractivity contribution in [1.29, 1.82) is 0 Å². The largest absolute Gasteiger partial charge is 0.491 e. The molecule has 0 spiro atoms. The van der Waals surface area contributed by atoms with Crippen LogP contribution in [0.4, 0.5) is 18.9 Å². The molecule has 0 bridgehead atoms. The number of benzene rings is 2. The maximum Gasteiger partial charge on any atom is 0.417 e. The van der Waals surface area contributed by atoms with Crippen LogP contribution in [0.3, 0.4) is 0 Å². The Morgan fingerprint density at radius 1 is 1.19 bits per heavy atom. The average Bonchev–Trinajstić information content (AvgIpc) is 3.19. The Balaban J connectivity index is 1.18. The summed E-state index contributed by atoms with van der Waals surface area (Å²) in [7, 11) is 0. The van der Waals surface area contributed by atoms with Gasteiger partial charge in [-0.3, -0.25) is 14.6 Å². The van der Waals surface area contributed by atoms with Crippen LogP contribution in [0.15, 0.2) is 36.4 Å². The molecule has 2 heterocycles. The van der Waals surface area contributed by atoms with Crippen LogP contribution in [-0.2, 0) is 11.0 Å². The van der Waals surface area contributed by atoms with E-state index in [-0.39, 0.29) is 18.8 Å². The molecular weight excluding hydrogens is 517 g/mol. The normalized spacial score (nSPS) is 16.3. The summed E-state index contributed by atoms with van der Waals surface area (Å²) in [4.78, 5) is 20.8. The molecule has 0 radical (unpaired) electrons. The van der Waals surface area contributed by atoms with Crippen molar-refractivity contribution in [2.24, 2.45) is 0 Å². The Morgan fingerprint density at radius 3 is 2.64 bits per heavy atom. The smallest absolute Gasteiger partial charge is 0.417 e. The van der Waals surface area contributed by atoms with Gasteiger partial charge in [-0.2, -0.15) is 13.2 Å². The number of nitrogens with zero attached hydrogens (tertiary/aromatic N) is 3. The number of hydrogen-bond acceptors (Lipinski definition) is 7. The van der Waals surface area contributed by atoms with Crippen molar-refractivity contribution in [2.45, 2.75) is 19.2 Å². The lowest BCUT2D eigenvalue weighted by molar-refractivity contribution is -0.137. The summed E-state index contributed by atoms with van der Waals surface area (Å²) in [5, 5.41) is 13.5. The number of hydrogen-bond donors (Lipinski definition) is 2. The Labute approximate surface area is 215 Å². The minimum Gasteiger partial charge on any atom is -0.491 e. The molecule has 1 fully saturated rings. The van der Waals surface area contributed by atoms with Gasteiger partial charge in [-0.1, -0.05) is 11.6 Å². The second-order valence-corrected chi connectivity index (χ2v) is 10.3. The number of β-amino-alcohol motifs (C(OH)–C–C–N with tert-alkyl or cyclic N) is 1. The highest BCUT2D eigenvalue weighted by atomic mass is 35.5. The molecule has 1 saturated heterocycles. The molecule has 1 aromatic heterocycles. The van der Waals surface area contributed by atoms with Gasteiger partial charge in [-0.15, -0.1) is 11.3 Å². The summed E-state index contributed by atoms with van der Waals surface area (Å²) < 4.78 is 45.9. The molecule has 36 heavy (non-hydrogen) atoms. The van der Waals surface area contributed by atoms with Crippen LogP contribution in [0.25, 0.3) is 10.2 Å². The summed E-state index contributed by atoms with van der Waals surface area (Å²) in [6.45, 7) is 5.07. The second kappa shape index (κ2) is 11.3. The number of anilines is 1. The van der Waals surface area contributed by atoms with E-state index >= 15 is 0 Å². The molecule has 0 unspecified atom stereocenters. The third kappa shape index (κ3) is 7.07. The maximum absolute atomic E-state index is 13.0.